The van der Waals surface area contributed by atoms with Gasteiger partial charge in [0.25, 0.3) is 0 Å². The van der Waals surface area contributed by atoms with Gasteiger partial charge in [0.05, 0.1) is 11.3 Å². The number of hydrogen-bond acceptors (Lipinski definition) is 6. The van der Waals surface area contributed by atoms with Gasteiger partial charge in [-0.05, 0) is 34.5 Å². The molecule has 182 valence electrons. The second-order valence-corrected chi connectivity index (χ2v) is 7.76. The number of nitrogens with zero attached hydrogens (tertiary/aromatic N) is 4. The second kappa shape index (κ2) is 9.95. The number of hydrogen-bond donors (Lipinski definition) is 3. The molecule has 0 bridgehead atoms. The van der Waals surface area contributed by atoms with Crippen LogP contribution in [-0.2, 0) is 25.6 Å². The molecular formula is C23H21F3N6O3. The number of tetrazole rings is 1. The van der Waals surface area contributed by atoms with Crippen molar-refractivity contribution in [3.63, 3.8) is 0 Å². The van der Waals surface area contributed by atoms with Gasteiger partial charge < -0.3 is 14.8 Å². The first kappa shape index (κ1) is 23.9. The van der Waals surface area contributed by atoms with E-state index in [1.165, 1.54) is 18.2 Å². The molecule has 9 nitrogen and oxygen atoms in total. The average Bonchev–Trinajstić information content (AvgIpc) is 3.48. The zero-order chi connectivity index (χ0) is 25.0. The molecule has 0 radical (unpaired) electrons. The number of carbonyl (C=O) groups is 1. The van der Waals surface area contributed by atoms with Crippen molar-refractivity contribution in [1.82, 2.24) is 30.6 Å². The fourth-order valence-corrected chi connectivity index (χ4v) is 3.71. The Morgan fingerprint density at radius 1 is 1.14 bits per heavy atom. The van der Waals surface area contributed by atoms with Crippen LogP contribution in [0.2, 0.25) is 0 Å². The number of halogens is 3. The number of aromatic nitrogens is 6. The molecule has 0 aliphatic carbocycles. The fourth-order valence-electron chi connectivity index (χ4n) is 3.71. The van der Waals surface area contributed by atoms with E-state index in [-0.39, 0.29) is 35.7 Å². The van der Waals surface area contributed by atoms with Gasteiger partial charge in [-0.2, -0.15) is 13.2 Å². The molecule has 2 aromatic carbocycles. The number of H-pyrrole nitrogens is 2. The molecule has 0 unspecified atom stereocenters. The van der Waals surface area contributed by atoms with Crippen molar-refractivity contribution in [3.8, 4) is 17.1 Å². The Morgan fingerprint density at radius 2 is 1.91 bits per heavy atom. The third-order valence-corrected chi connectivity index (χ3v) is 5.25. The number of ether oxygens (including phenoxy) is 1. The molecule has 4 rings (SSSR count). The first-order valence-corrected chi connectivity index (χ1v) is 10.7. The van der Waals surface area contributed by atoms with E-state index in [2.05, 4.69) is 30.6 Å². The van der Waals surface area contributed by atoms with Crippen LogP contribution in [0.15, 0.2) is 42.5 Å². The van der Waals surface area contributed by atoms with Crippen molar-refractivity contribution in [1.29, 1.82) is 0 Å². The summed E-state index contributed by atoms with van der Waals surface area (Å²) in [5.74, 6) is -0.201. The number of rotatable bonds is 9. The predicted octanol–water partition coefficient (Wildman–Crippen LogP) is 4.43. The Labute approximate surface area is 197 Å². The highest BCUT2D eigenvalue weighted by Gasteiger charge is 2.37. The van der Waals surface area contributed by atoms with Gasteiger partial charge in [-0.15, -0.1) is 5.10 Å². The number of alkyl halides is 3. The lowest BCUT2D eigenvalue weighted by molar-refractivity contribution is -0.138. The zero-order valence-corrected chi connectivity index (χ0v) is 18.6. The molecule has 3 N–H and O–H groups in total. The molecule has 12 heteroatoms. The summed E-state index contributed by atoms with van der Waals surface area (Å²) in [4.78, 5) is 18.7. The van der Waals surface area contributed by atoms with E-state index in [0.29, 0.717) is 23.7 Å². The Hall–Kier alpha value is -4.22. The number of aromatic carboxylic acids is 1. The third-order valence-electron chi connectivity index (χ3n) is 5.25. The van der Waals surface area contributed by atoms with Crippen LogP contribution < -0.4 is 4.74 Å². The van der Waals surface area contributed by atoms with Gasteiger partial charge in [0.2, 0.25) is 0 Å². The second-order valence-electron chi connectivity index (χ2n) is 7.76. The summed E-state index contributed by atoms with van der Waals surface area (Å²) in [7, 11) is 0. The minimum Gasteiger partial charge on any atom is -0.489 e. The van der Waals surface area contributed by atoms with Gasteiger partial charge in [0, 0.05) is 24.0 Å². The lowest BCUT2D eigenvalue weighted by atomic mass is 10.0. The quantitative estimate of drug-likeness (QED) is 0.319. The van der Waals surface area contributed by atoms with Crippen molar-refractivity contribution >= 4 is 5.97 Å². The summed E-state index contributed by atoms with van der Waals surface area (Å²) in [6.45, 7) is 1.65. The number of aryl methyl sites for hydroxylation is 1. The van der Waals surface area contributed by atoms with Gasteiger partial charge in [0.1, 0.15) is 23.9 Å². The third kappa shape index (κ3) is 5.48. The summed E-state index contributed by atoms with van der Waals surface area (Å²) in [5.41, 5.74) is 0.137. The topological polar surface area (TPSA) is 130 Å². The molecule has 0 atom stereocenters. The number of benzene rings is 2. The average molecular weight is 486 g/mol. The van der Waals surface area contributed by atoms with Crippen LogP contribution in [0.25, 0.3) is 11.4 Å². The molecule has 4 aromatic rings. The maximum Gasteiger partial charge on any atom is 0.417 e. The molecule has 0 saturated heterocycles. The van der Waals surface area contributed by atoms with Crippen LogP contribution in [0.4, 0.5) is 13.2 Å². The minimum atomic E-state index is -4.64. The van der Waals surface area contributed by atoms with Crippen LogP contribution in [0, 0.1) is 0 Å². The SMILES string of the molecule is CCCc1nc(Cc2ccc(OCc3cccc(-c4nnn[nH]4)c3C(F)(F)F)cc2)c(C(=O)O)[nH]1. The van der Waals surface area contributed by atoms with Gasteiger partial charge in [-0.25, -0.2) is 14.9 Å². The van der Waals surface area contributed by atoms with E-state index in [1.54, 1.807) is 24.3 Å². The van der Waals surface area contributed by atoms with E-state index in [1.807, 2.05) is 6.92 Å². The van der Waals surface area contributed by atoms with Crippen LogP contribution in [0.3, 0.4) is 0 Å². The minimum absolute atomic E-state index is 0.0512. The highest BCUT2D eigenvalue weighted by atomic mass is 19.4. The monoisotopic (exact) mass is 486 g/mol. The van der Waals surface area contributed by atoms with Crippen molar-refractivity contribution in [3.05, 3.63) is 76.4 Å². The highest BCUT2D eigenvalue weighted by molar-refractivity contribution is 5.86. The molecule has 0 amide bonds. The Kier molecular flexibility index (Phi) is 6.80. The van der Waals surface area contributed by atoms with Crippen molar-refractivity contribution in [2.24, 2.45) is 0 Å². The Bertz CT molecular complexity index is 1300. The van der Waals surface area contributed by atoms with Crippen molar-refractivity contribution in [2.75, 3.05) is 0 Å². The largest absolute Gasteiger partial charge is 0.489 e. The van der Waals surface area contributed by atoms with E-state index in [9.17, 15) is 23.1 Å². The maximum absolute atomic E-state index is 13.8. The van der Waals surface area contributed by atoms with Crippen LogP contribution in [0.5, 0.6) is 5.75 Å². The van der Waals surface area contributed by atoms with Crippen LogP contribution in [0.1, 0.15) is 52.0 Å². The smallest absolute Gasteiger partial charge is 0.417 e. The van der Waals surface area contributed by atoms with E-state index < -0.39 is 17.7 Å². The molecule has 0 spiro atoms. The fraction of sp³-hybridized carbons (Fsp3) is 0.261. The van der Waals surface area contributed by atoms with Gasteiger partial charge in [-0.1, -0.05) is 37.3 Å². The first-order chi connectivity index (χ1) is 16.8. The van der Waals surface area contributed by atoms with Gasteiger partial charge >= 0.3 is 12.1 Å². The van der Waals surface area contributed by atoms with Crippen molar-refractivity contribution in [2.45, 2.75) is 39.0 Å². The number of imidazole rings is 1. The number of carboxylic acids is 1. The van der Waals surface area contributed by atoms with E-state index in [0.717, 1.165) is 12.0 Å². The molecule has 0 aliphatic rings. The summed E-state index contributed by atoms with van der Waals surface area (Å²) in [5, 5.41) is 22.1. The van der Waals surface area contributed by atoms with Crippen LogP contribution in [-0.4, -0.2) is 41.7 Å². The van der Waals surface area contributed by atoms with Crippen molar-refractivity contribution < 1.29 is 27.8 Å². The van der Waals surface area contributed by atoms with E-state index in [4.69, 9.17) is 4.74 Å². The maximum atomic E-state index is 13.8. The van der Waals surface area contributed by atoms with Gasteiger partial charge in [-0.3, -0.25) is 0 Å². The first-order valence-electron chi connectivity index (χ1n) is 10.7. The molecule has 2 heterocycles. The standard InChI is InChI=1S/C23H21F3N6O3/c1-2-4-18-27-17(20(28-18)22(33)34)11-13-7-9-15(10-8-13)35-12-14-5-3-6-16(19(14)23(24,25)26)21-29-31-32-30-21/h3,5-10H,2,4,11-12H2,1H3,(H,27,28)(H,33,34)(H,29,30,31,32). The normalized spacial score (nSPS) is 11.5. The molecule has 0 aliphatic heterocycles. The summed E-state index contributed by atoms with van der Waals surface area (Å²) >= 11 is 0. The lowest BCUT2D eigenvalue weighted by Gasteiger charge is -2.16. The van der Waals surface area contributed by atoms with Crippen LogP contribution >= 0.6 is 0 Å². The zero-order valence-electron chi connectivity index (χ0n) is 18.6. The van der Waals surface area contributed by atoms with E-state index >= 15 is 0 Å². The summed E-state index contributed by atoms with van der Waals surface area (Å²) in [6, 6.07) is 10.8. The Balaban J connectivity index is 1.50. The van der Waals surface area contributed by atoms with Gasteiger partial charge in [0.15, 0.2) is 5.82 Å². The predicted molar refractivity (Wildman–Crippen MR) is 118 cm³/mol. The molecule has 2 aromatic heterocycles. The molecule has 35 heavy (non-hydrogen) atoms. The molecular weight excluding hydrogens is 465 g/mol. The molecule has 0 fully saturated rings. The number of aromatic amines is 2. The number of nitrogens with one attached hydrogen (secondary N) is 2. The highest BCUT2D eigenvalue weighted by Crippen LogP contribution is 2.38. The summed E-state index contributed by atoms with van der Waals surface area (Å²) in [6.07, 6.45) is -2.89. The molecule has 0 saturated carbocycles. The number of carboxylic acid groups (broad SMARTS) is 1. The summed E-state index contributed by atoms with van der Waals surface area (Å²) < 4.78 is 47.1. The lowest BCUT2D eigenvalue weighted by Crippen LogP contribution is -2.13. The Morgan fingerprint density at radius 3 is 2.54 bits per heavy atom.